The second-order valence-corrected chi connectivity index (χ2v) is 7.04. The molecule has 1 aliphatic rings. The molecule has 0 spiro atoms. The first kappa shape index (κ1) is 18.3. The van der Waals surface area contributed by atoms with Gasteiger partial charge in [0, 0.05) is 32.7 Å². The minimum Gasteiger partial charge on any atom is -0.321 e. The average Bonchev–Trinajstić information content (AvgIpc) is 2.77. The number of carbonyl (C=O) groups is 1. The van der Waals surface area contributed by atoms with Gasteiger partial charge in [0.25, 0.3) is 0 Å². The molecule has 0 aromatic heterocycles. The molecular formula is C24H25N3O. The Kier molecular flexibility index (Phi) is 5.69. The molecule has 3 aromatic rings. The van der Waals surface area contributed by atoms with Gasteiger partial charge < -0.3 is 4.90 Å². The minimum atomic E-state index is 0.0387. The van der Waals surface area contributed by atoms with Gasteiger partial charge in [-0.15, -0.1) is 0 Å². The Bertz CT molecular complexity index is 836. The van der Waals surface area contributed by atoms with Crippen LogP contribution in [-0.4, -0.2) is 42.0 Å². The molecule has 0 radical (unpaired) electrons. The van der Waals surface area contributed by atoms with E-state index in [1.54, 1.807) is 0 Å². The summed E-state index contributed by atoms with van der Waals surface area (Å²) in [4.78, 5) is 19.6. The Balaban J connectivity index is 1.46. The lowest BCUT2D eigenvalue weighted by atomic mass is 10.2. The lowest BCUT2D eigenvalue weighted by Gasteiger charge is -2.37. The van der Waals surface area contributed by atoms with Gasteiger partial charge in [0.05, 0.1) is 11.4 Å². The van der Waals surface area contributed by atoms with Crippen LogP contribution in [0.4, 0.5) is 16.2 Å². The Morgan fingerprint density at radius 2 is 1.14 bits per heavy atom. The number of amides is 2. The Hall–Kier alpha value is -3.11. The zero-order chi connectivity index (χ0) is 19.2. The Labute approximate surface area is 166 Å². The van der Waals surface area contributed by atoms with Crippen LogP contribution in [0.15, 0.2) is 91.0 Å². The maximum atomic E-state index is 13.4. The molecule has 4 rings (SSSR count). The molecule has 1 saturated heterocycles. The summed E-state index contributed by atoms with van der Waals surface area (Å²) in [5.41, 5.74) is 3.10. The van der Waals surface area contributed by atoms with E-state index in [9.17, 15) is 4.79 Å². The van der Waals surface area contributed by atoms with Crippen LogP contribution in [0.2, 0.25) is 0 Å². The number of urea groups is 1. The topological polar surface area (TPSA) is 26.8 Å². The molecule has 0 bridgehead atoms. The van der Waals surface area contributed by atoms with Gasteiger partial charge in [-0.1, -0.05) is 66.7 Å². The van der Waals surface area contributed by atoms with Gasteiger partial charge in [0.15, 0.2) is 0 Å². The fraction of sp³-hybridized carbons (Fsp3) is 0.208. The van der Waals surface area contributed by atoms with Crippen molar-refractivity contribution in [3.63, 3.8) is 0 Å². The first-order valence-electron chi connectivity index (χ1n) is 9.77. The van der Waals surface area contributed by atoms with E-state index in [4.69, 9.17) is 0 Å². The summed E-state index contributed by atoms with van der Waals surface area (Å²) in [5, 5.41) is 0. The third-order valence-corrected chi connectivity index (χ3v) is 5.11. The van der Waals surface area contributed by atoms with Gasteiger partial charge in [-0.2, -0.15) is 0 Å². The van der Waals surface area contributed by atoms with Crippen LogP contribution >= 0.6 is 0 Å². The van der Waals surface area contributed by atoms with Crippen molar-refractivity contribution >= 4 is 17.4 Å². The molecule has 2 amide bonds. The molecule has 3 aromatic carbocycles. The van der Waals surface area contributed by atoms with E-state index in [1.807, 2.05) is 76.5 Å². The highest BCUT2D eigenvalue weighted by Crippen LogP contribution is 2.27. The van der Waals surface area contributed by atoms with Crippen LogP contribution in [-0.2, 0) is 6.54 Å². The highest BCUT2D eigenvalue weighted by molar-refractivity contribution is 5.99. The van der Waals surface area contributed by atoms with Crippen LogP contribution in [0, 0.1) is 0 Å². The lowest BCUT2D eigenvalue weighted by molar-refractivity contribution is 0.140. The van der Waals surface area contributed by atoms with Gasteiger partial charge in [-0.3, -0.25) is 9.80 Å². The summed E-state index contributed by atoms with van der Waals surface area (Å²) >= 11 is 0. The zero-order valence-corrected chi connectivity index (χ0v) is 15.9. The number of piperazine rings is 1. The second kappa shape index (κ2) is 8.72. The van der Waals surface area contributed by atoms with Crippen molar-refractivity contribution in [1.82, 2.24) is 9.80 Å². The van der Waals surface area contributed by atoms with Gasteiger partial charge in [0.1, 0.15) is 0 Å². The van der Waals surface area contributed by atoms with Crippen molar-refractivity contribution < 1.29 is 4.79 Å². The van der Waals surface area contributed by atoms with Crippen molar-refractivity contribution in [2.24, 2.45) is 0 Å². The fourth-order valence-electron chi connectivity index (χ4n) is 3.60. The monoisotopic (exact) mass is 371 g/mol. The first-order valence-corrected chi connectivity index (χ1v) is 9.77. The quantitative estimate of drug-likeness (QED) is 0.661. The number of hydrogen-bond donors (Lipinski definition) is 0. The Morgan fingerprint density at radius 3 is 1.64 bits per heavy atom. The van der Waals surface area contributed by atoms with Crippen molar-refractivity contribution in [1.29, 1.82) is 0 Å². The van der Waals surface area contributed by atoms with E-state index in [2.05, 4.69) is 29.2 Å². The van der Waals surface area contributed by atoms with Crippen LogP contribution in [0.25, 0.3) is 0 Å². The fourth-order valence-corrected chi connectivity index (χ4v) is 3.60. The van der Waals surface area contributed by atoms with E-state index < -0.39 is 0 Å². The molecule has 4 heteroatoms. The van der Waals surface area contributed by atoms with E-state index in [1.165, 1.54) is 5.56 Å². The van der Waals surface area contributed by atoms with Crippen molar-refractivity contribution in [3.05, 3.63) is 96.6 Å². The average molecular weight is 371 g/mol. The summed E-state index contributed by atoms with van der Waals surface area (Å²) in [5.74, 6) is 0. The number of para-hydroxylation sites is 2. The number of anilines is 2. The van der Waals surface area contributed by atoms with Gasteiger partial charge in [0.2, 0.25) is 0 Å². The highest BCUT2D eigenvalue weighted by atomic mass is 16.2. The summed E-state index contributed by atoms with van der Waals surface area (Å²) in [6.45, 7) is 4.18. The van der Waals surface area contributed by atoms with Gasteiger partial charge in [-0.25, -0.2) is 4.79 Å². The predicted octanol–water partition coefficient (Wildman–Crippen LogP) is 4.76. The molecule has 1 aliphatic heterocycles. The molecule has 0 atom stereocenters. The normalized spacial score (nSPS) is 14.6. The summed E-state index contributed by atoms with van der Waals surface area (Å²) < 4.78 is 0. The number of hydrogen-bond acceptors (Lipinski definition) is 2. The van der Waals surface area contributed by atoms with E-state index >= 15 is 0 Å². The molecule has 0 aliphatic carbocycles. The van der Waals surface area contributed by atoms with Crippen LogP contribution in [0.3, 0.4) is 0 Å². The summed E-state index contributed by atoms with van der Waals surface area (Å²) in [6.07, 6.45) is 0. The molecule has 1 heterocycles. The lowest BCUT2D eigenvalue weighted by Crippen LogP contribution is -2.51. The molecular weight excluding hydrogens is 346 g/mol. The van der Waals surface area contributed by atoms with Crippen molar-refractivity contribution in [2.75, 3.05) is 31.1 Å². The molecule has 0 N–H and O–H groups in total. The zero-order valence-electron chi connectivity index (χ0n) is 15.9. The summed E-state index contributed by atoms with van der Waals surface area (Å²) in [6, 6.07) is 30.3. The minimum absolute atomic E-state index is 0.0387. The number of rotatable bonds is 4. The van der Waals surface area contributed by atoms with E-state index in [0.717, 1.165) is 44.1 Å². The molecule has 0 saturated carbocycles. The molecule has 4 nitrogen and oxygen atoms in total. The van der Waals surface area contributed by atoms with Crippen LogP contribution < -0.4 is 4.90 Å². The van der Waals surface area contributed by atoms with E-state index in [-0.39, 0.29) is 6.03 Å². The molecule has 1 fully saturated rings. The number of benzene rings is 3. The molecule has 142 valence electrons. The van der Waals surface area contributed by atoms with Crippen molar-refractivity contribution in [2.45, 2.75) is 6.54 Å². The predicted molar refractivity (Wildman–Crippen MR) is 114 cm³/mol. The maximum absolute atomic E-state index is 13.4. The third-order valence-electron chi connectivity index (χ3n) is 5.11. The Morgan fingerprint density at radius 1 is 0.679 bits per heavy atom. The van der Waals surface area contributed by atoms with Crippen molar-refractivity contribution in [3.8, 4) is 0 Å². The first-order chi connectivity index (χ1) is 13.8. The standard InChI is InChI=1S/C24H25N3O/c28-24(26-18-16-25(17-19-26)20-21-10-4-1-5-11-21)27(22-12-6-2-7-13-22)23-14-8-3-9-15-23/h1-15H,16-20H2. The van der Waals surface area contributed by atoms with Gasteiger partial charge in [-0.05, 0) is 29.8 Å². The third kappa shape index (κ3) is 4.24. The van der Waals surface area contributed by atoms with E-state index in [0.29, 0.717) is 0 Å². The summed E-state index contributed by atoms with van der Waals surface area (Å²) in [7, 11) is 0. The maximum Gasteiger partial charge on any atom is 0.329 e. The number of carbonyl (C=O) groups excluding carboxylic acids is 1. The van der Waals surface area contributed by atoms with Crippen LogP contribution in [0.5, 0.6) is 0 Å². The van der Waals surface area contributed by atoms with Crippen LogP contribution in [0.1, 0.15) is 5.56 Å². The smallest absolute Gasteiger partial charge is 0.321 e. The van der Waals surface area contributed by atoms with Gasteiger partial charge >= 0.3 is 6.03 Å². The largest absolute Gasteiger partial charge is 0.329 e. The second-order valence-electron chi connectivity index (χ2n) is 7.04. The SMILES string of the molecule is O=C(N1CCN(Cc2ccccc2)CC1)N(c1ccccc1)c1ccccc1. The number of nitrogens with zero attached hydrogens (tertiary/aromatic N) is 3. The molecule has 28 heavy (non-hydrogen) atoms. The highest BCUT2D eigenvalue weighted by Gasteiger charge is 2.27. The molecule has 0 unspecified atom stereocenters.